The number of hydrogen-bond donors (Lipinski definition) is 9. The monoisotopic (exact) mass is 1530 g/mol. The van der Waals surface area contributed by atoms with Gasteiger partial charge in [0.2, 0.25) is 0 Å². The highest BCUT2D eigenvalue weighted by Gasteiger charge is 2.22. The zero-order chi connectivity index (χ0) is 80.2. The lowest BCUT2D eigenvalue weighted by Gasteiger charge is -2.24. The molecule has 0 bridgehead atoms. The van der Waals surface area contributed by atoms with Gasteiger partial charge in [-0.25, -0.2) is 39.9 Å². The van der Waals surface area contributed by atoms with E-state index < -0.39 is 6.10 Å². The van der Waals surface area contributed by atoms with E-state index in [4.69, 9.17) is 4.74 Å². The fourth-order valence-electron chi connectivity index (χ4n) is 13.0. The quantitative estimate of drug-likeness (QED) is 0.0293. The number of para-hydroxylation sites is 1. The van der Waals surface area contributed by atoms with Crippen molar-refractivity contribution in [1.82, 2.24) is 79.7 Å². The first-order valence-electron chi connectivity index (χ1n) is 38.9. The van der Waals surface area contributed by atoms with Crippen LogP contribution in [0.25, 0.3) is 11.1 Å². The van der Waals surface area contributed by atoms with Gasteiger partial charge in [0.25, 0.3) is 0 Å². The standard InChI is InChI=1S/C17H16N2.C16H14N2O.2C13H16N2.2C12H14N2.C11H12N2O.C3H4N2/c1-3-7-14(8-4-1)17(11-16-12-18-13-19-16)15-9-5-2-6-10-15;1-2-6-13(7-3-1)15-8-4-5-9-16(15)19-11-14-10-17-12-18-14;1-10-4-3-5-11(2)13(10)7-6-12-8-14-9-15-12;1-13(2,8-12-9-14-10-15-12)11-6-4-3-5-7-11;1-10-3-2-4-11(7-10)5-6-12-8-13-9-14-12;1-10(7-12-8-13-9-14-12)11-5-3-2-4-6-11;14-11(10-7-12-8-13-10)6-9-4-2-1-3-5-9;1-2-5-3-4-1/h1-10,12-13,17H,11H2,(H,18,19);1-10,12H,11H2,(H,17,18);3-5,8-9H,6-7H2,1-2H3,(H,14,15);3-7,9-10H,8H2,1-2H3,(H,14,15);2-4,7-9H,5-6H2,1H3,(H,13,14);2-6,8-10H,7H2,1H3,(H,13,14);1-5,7-8,11,14H,6H2,(H,12,13);1-3H,(H,4,5). The number of aromatic nitrogens is 16. The van der Waals surface area contributed by atoms with Crippen molar-refractivity contribution in [2.75, 3.05) is 0 Å². The molecule has 0 saturated carbocycles. The topological polar surface area (TPSA) is 259 Å². The molecular formula is C97H106N16O2. The Hall–Kier alpha value is -13.6. The molecule has 17 rings (SSSR count). The molecule has 2 unspecified atom stereocenters. The lowest BCUT2D eigenvalue weighted by molar-refractivity contribution is 0.174. The van der Waals surface area contributed by atoms with Gasteiger partial charge in [-0.1, -0.05) is 269 Å². The zero-order valence-corrected chi connectivity index (χ0v) is 66.5. The van der Waals surface area contributed by atoms with Gasteiger partial charge in [-0.15, -0.1) is 0 Å². The molecule has 0 spiro atoms. The molecule has 8 aromatic heterocycles. The van der Waals surface area contributed by atoms with E-state index in [0.717, 1.165) is 90.2 Å². The molecular weight excluding hydrogens is 1420 g/mol. The number of aryl methyl sites for hydroxylation is 6. The molecule has 115 heavy (non-hydrogen) atoms. The largest absolute Gasteiger partial charge is 0.487 e. The predicted molar refractivity (Wildman–Crippen MR) is 462 cm³/mol. The van der Waals surface area contributed by atoms with E-state index in [1.807, 2.05) is 110 Å². The summed E-state index contributed by atoms with van der Waals surface area (Å²) in [4.78, 5) is 56.3. The van der Waals surface area contributed by atoms with Crippen LogP contribution in [0.5, 0.6) is 5.75 Å². The maximum atomic E-state index is 9.78. The number of imidazole rings is 8. The molecule has 0 saturated heterocycles. The number of aliphatic hydroxyl groups excluding tert-OH is 1. The molecule has 0 amide bonds. The summed E-state index contributed by atoms with van der Waals surface area (Å²) in [6.45, 7) is 13.7. The maximum absolute atomic E-state index is 9.78. The lowest BCUT2D eigenvalue weighted by atomic mass is 9.81. The van der Waals surface area contributed by atoms with Crippen molar-refractivity contribution in [2.45, 2.75) is 123 Å². The second-order valence-corrected chi connectivity index (χ2v) is 28.4. The van der Waals surface area contributed by atoms with E-state index in [1.165, 1.54) is 61.5 Å². The van der Waals surface area contributed by atoms with Gasteiger partial charge in [0, 0.05) is 90.8 Å². The van der Waals surface area contributed by atoms with Crippen LogP contribution in [0, 0.1) is 20.8 Å². The summed E-state index contributed by atoms with van der Waals surface area (Å²) >= 11 is 0. The maximum Gasteiger partial charge on any atom is 0.132 e. The fraction of sp³-hybridized carbons (Fsp3) is 0.196. The summed E-state index contributed by atoms with van der Waals surface area (Å²) < 4.78 is 5.85. The van der Waals surface area contributed by atoms with E-state index in [-0.39, 0.29) is 5.41 Å². The Labute approximate surface area is 676 Å². The summed E-state index contributed by atoms with van der Waals surface area (Å²) in [6.07, 6.45) is 37.3. The Morgan fingerprint density at radius 3 is 1.41 bits per heavy atom. The number of H-pyrrole nitrogens is 8. The van der Waals surface area contributed by atoms with Crippen LogP contribution in [-0.2, 0) is 63.4 Å². The highest BCUT2D eigenvalue weighted by atomic mass is 16.5. The molecule has 0 fully saturated rings. The predicted octanol–water partition coefficient (Wildman–Crippen LogP) is 20.5. The van der Waals surface area contributed by atoms with E-state index in [1.54, 1.807) is 69.2 Å². The number of ether oxygens (including phenoxy) is 1. The van der Waals surface area contributed by atoms with Crippen LogP contribution in [0.4, 0.5) is 0 Å². The van der Waals surface area contributed by atoms with E-state index >= 15 is 0 Å². The van der Waals surface area contributed by atoms with Gasteiger partial charge in [-0.05, 0) is 139 Å². The smallest absolute Gasteiger partial charge is 0.132 e. The van der Waals surface area contributed by atoms with Gasteiger partial charge in [0.15, 0.2) is 0 Å². The number of nitrogens with one attached hydrogen (secondary N) is 8. The van der Waals surface area contributed by atoms with Crippen molar-refractivity contribution < 1.29 is 9.84 Å². The highest BCUT2D eigenvalue weighted by molar-refractivity contribution is 5.70. The molecule has 9 aromatic carbocycles. The van der Waals surface area contributed by atoms with Gasteiger partial charge in [-0.2, -0.15) is 0 Å². The summed E-state index contributed by atoms with van der Waals surface area (Å²) in [5.74, 6) is 1.77. The van der Waals surface area contributed by atoms with Crippen molar-refractivity contribution in [3.8, 4) is 16.9 Å². The van der Waals surface area contributed by atoms with Crippen LogP contribution >= 0.6 is 0 Å². The van der Waals surface area contributed by atoms with Gasteiger partial charge in [0.05, 0.1) is 73.4 Å². The van der Waals surface area contributed by atoms with Gasteiger partial charge in [0.1, 0.15) is 18.5 Å². The van der Waals surface area contributed by atoms with E-state index in [9.17, 15) is 5.11 Å². The minimum Gasteiger partial charge on any atom is -0.487 e. The number of aromatic amines is 8. The average molecular weight is 1530 g/mol. The van der Waals surface area contributed by atoms with Gasteiger partial charge >= 0.3 is 0 Å². The van der Waals surface area contributed by atoms with Crippen molar-refractivity contribution >= 4 is 0 Å². The third kappa shape index (κ3) is 29.6. The van der Waals surface area contributed by atoms with Crippen LogP contribution < -0.4 is 4.74 Å². The SMILES string of the molecule is CC(C)(Cc1cnc[nH]1)c1ccccc1.CC(Cc1cnc[nH]1)c1ccccc1.Cc1cccc(C)c1CCc1c[nH]cn1.Cc1cccc(CCc2c[nH]cn2)c1.OC(Cc1ccccc1)c1c[nH]cn1.c1c[nH]cn1.c1ccc(-c2ccccc2OCc2c[nH]cn2)cc1.c1ccc(C(Cc2cnc[nH]2)c2ccccc2)cc1. The summed E-state index contributed by atoms with van der Waals surface area (Å²) in [7, 11) is 0. The van der Waals surface area contributed by atoms with Crippen molar-refractivity contribution in [2.24, 2.45) is 0 Å². The molecule has 18 nitrogen and oxygen atoms in total. The molecule has 0 aliphatic heterocycles. The Morgan fingerprint density at radius 2 is 0.896 bits per heavy atom. The van der Waals surface area contributed by atoms with Crippen molar-refractivity contribution in [3.05, 3.63) is 451 Å². The minimum absolute atomic E-state index is 0.147. The number of aliphatic hydroxyl groups is 1. The van der Waals surface area contributed by atoms with Crippen LogP contribution in [-0.4, -0.2) is 84.9 Å². The Bertz CT molecular complexity index is 5130. The Kier molecular flexibility index (Phi) is 34.2. The zero-order valence-electron chi connectivity index (χ0n) is 66.5. The van der Waals surface area contributed by atoms with Crippen molar-refractivity contribution in [1.29, 1.82) is 0 Å². The molecule has 0 aliphatic carbocycles. The molecule has 18 heteroatoms. The number of hydrogen-bond acceptors (Lipinski definition) is 10. The second-order valence-electron chi connectivity index (χ2n) is 28.4. The second kappa shape index (κ2) is 46.9. The summed E-state index contributed by atoms with van der Waals surface area (Å²) in [5, 5.41) is 9.78. The molecule has 0 radical (unpaired) electrons. The summed E-state index contributed by atoms with van der Waals surface area (Å²) in [6, 6.07) is 85.6. The molecule has 9 N–H and O–H groups in total. The van der Waals surface area contributed by atoms with Crippen LogP contribution in [0.15, 0.2) is 355 Å². The number of rotatable bonds is 23. The van der Waals surface area contributed by atoms with E-state index in [0.29, 0.717) is 30.6 Å². The first-order valence-corrected chi connectivity index (χ1v) is 38.9. The van der Waals surface area contributed by atoms with Gasteiger partial charge in [-0.3, -0.25) is 0 Å². The van der Waals surface area contributed by atoms with Crippen molar-refractivity contribution in [3.63, 3.8) is 0 Å². The van der Waals surface area contributed by atoms with E-state index in [2.05, 4.69) is 297 Å². The van der Waals surface area contributed by atoms with Crippen LogP contribution in [0.2, 0.25) is 0 Å². The first kappa shape index (κ1) is 83.9. The first-order chi connectivity index (χ1) is 56.4. The summed E-state index contributed by atoms with van der Waals surface area (Å²) in [5.41, 5.74) is 23.2. The molecule has 0 aliphatic rings. The molecule has 586 valence electrons. The Balaban J connectivity index is 0.000000141. The van der Waals surface area contributed by atoms with Gasteiger partial charge < -0.3 is 49.7 Å². The number of benzene rings is 9. The molecule has 17 aromatic rings. The third-order valence-corrected chi connectivity index (χ3v) is 19.2. The molecule has 2 atom stereocenters. The average Bonchev–Trinajstić information content (AvgIpc) is 1.69. The normalized spacial score (nSPS) is 11.1. The Morgan fingerprint density at radius 1 is 0.409 bits per heavy atom. The minimum atomic E-state index is -0.524. The van der Waals surface area contributed by atoms with Crippen LogP contribution in [0.3, 0.4) is 0 Å². The lowest BCUT2D eigenvalue weighted by Crippen LogP contribution is -2.20. The fourth-order valence-corrected chi connectivity index (χ4v) is 13.0. The van der Waals surface area contributed by atoms with Crippen LogP contribution in [0.1, 0.15) is 134 Å². The number of nitrogens with zero attached hydrogens (tertiary/aromatic N) is 8. The third-order valence-electron chi connectivity index (χ3n) is 19.2. The molecule has 8 heterocycles. The highest BCUT2D eigenvalue weighted by Crippen LogP contribution is 2.32.